The number of aromatic nitrogens is 1. The van der Waals surface area contributed by atoms with Gasteiger partial charge in [0.05, 0.1) is 12.6 Å². The van der Waals surface area contributed by atoms with Crippen LogP contribution in [0.3, 0.4) is 0 Å². The van der Waals surface area contributed by atoms with Crippen LogP contribution in [0.4, 0.5) is 0 Å². The van der Waals surface area contributed by atoms with Gasteiger partial charge in [0.2, 0.25) is 0 Å². The summed E-state index contributed by atoms with van der Waals surface area (Å²) in [7, 11) is 3.54. The molecule has 140 valence electrons. The number of oxazole rings is 1. The fourth-order valence-electron chi connectivity index (χ4n) is 3.88. The molecule has 0 saturated heterocycles. The molecule has 2 aromatic carbocycles. The molecule has 1 aliphatic rings. The van der Waals surface area contributed by atoms with Crippen molar-refractivity contribution < 1.29 is 13.9 Å². The maximum Gasteiger partial charge on any atom is 0.254 e. The Balaban J connectivity index is 1.59. The summed E-state index contributed by atoms with van der Waals surface area (Å²) in [6.45, 7) is 0.558. The highest BCUT2D eigenvalue weighted by Gasteiger charge is 2.27. The maximum absolute atomic E-state index is 13.1. The first-order chi connectivity index (χ1) is 13.2. The smallest absolute Gasteiger partial charge is 0.254 e. The Morgan fingerprint density at radius 1 is 1.30 bits per heavy atom. The number of nitrogens with zero attached hydrogens (tertiary/aromatic N) is 2. The molecule has 1 aliphatic carbocycles. The number of amides is 1. The van der Waals surface area contributed by atoms with Crippen LogP contribution in [0.15, 0.2) is 46.9 Å². The number of methoxy groups -OCH3 is 1. The van der Waals surface area contributed by atoms with Crippen LogP contribution in [-0.2, 0) is 17.6 Å². The van der Waals surface area contributed by atoms with Gasteiger partial charge in [-0.25, -0.2) is 4.98 Å². The molecule has 0 saturated carbocycles. The van der Waals surface area contributed by atoms with Gasteiger partial charge in [-0.2, -0.15) is 0 Å². The molecule has 5 nitrogen and oxygen atoms in total. The summed E-state index contributed by atoms with van der Waals surface area (Å²) in [5, 5.41) is 0. The number of rotatable bonds is 5. The van der Waals surface area contributed by atoms with Crippen molar-refractivity contribution in [3.63, 3.8) is 0 Å². The molecule has 0 unspecified atom stereocenters. The van der Waals surface area contributed by atoms with Gasteiger partial charge < -0.3 is 14.1 Å². The van der Waals surface area contributed by atoms with E-state index in [0.717, 1.165) is 24.8 Å². The number of hydrogen-bond acceptors (Lipinski definition) is 4. The quantitative estimate of drug-likeness (QED) is 0.682. The average Bonchev–Trinajstić information content (AvgIpc) is 3.12. The predicted molar refractivity (Wildman–Crippen MR) is 104 cm³/mol. The first kappa shape index (κ1) is 17.7. The van der Waals surface area contributed by atoms with Crippen LogP contribution in [0.2, 0.25) is 0 Å². The molecule has 1 heterocycles. The van der Waals surface area contributed by atoms with Gasteiger partial charge in [0.25, 0.3) is 5.91 Å². The molecule has 0 radical (unpaired) electrons. The van der Waals surface area contributed by atoms with E-state index in [0.29, 0.717) is 30.1 Å². The Morgan fingerprint density at radius 2 is 2.15 bits per heavy atom. The first-order valence-electron chi connectivity index (χ1n) is 9.40. The van der Waals surface area contributed by atoms with Gasteiger partial charge in [-0.1, -0.05) is 24.3 Å². The zero-order chi connectivity index (χ0) is 18.8. The predicted octanol–water partition coefficient (Wildman–Crippen LogP) is 4.17. The Hall–Kier alpha value is -2.66. The number of aryl methyl sites for hydroxylation is 1. The van der Waals surface area contributed by atoms with Crippen molar-refractivity contribution in [1.29, 1.82) is 0 Å². The van der Waals surface area contributed by atoms with E-state index in [1.165, 1.54) is 11.1 Å². The summed E-state index contributed by atoms with van der Waals surface area (Å²) in [6, 6.07) is 14.0. The third kappa shape index (κ3) is 3.47. The van der Waals surface area contributed by atoms with Gasteiger partial charge in [-0.15, -0.1) is 0 Å². The molecule has 0 N–H and O–H groups in total. The fourth-order valence-corrected chi connectivity index (χ4v) is 3.88. The lowest BCUT2D eigenvalue weighted by molar-refractivity contribution is 0.0715. The van der Waals surface area contributed by atoms with Gasteiger partial charge in [-0.3, -0.25) is 4.79 Å². The summed E-state index contributed by atoms with van der Waals surface area (Å²) in [5.74, 6) is 0.638. The topological polar surface area (TPSA) is 55.6 Å². The van der Waals surface area contributed by atoms with Gasteiger partial charge in [0, 0.05) is 26.1 Å². The van der Waals surface area contributed by atoms with Gasteiger partial charge in [-0.05, 0) is 48.6 Å². The molecule has 0 bridgehead atoms. The van der Waals surface area contributed by atoms with Crippen molar-refractivity contribution in [3.8, 4) is 0 Å². The van der Waals surface area contributed by atoms with Crippen molar-refractivity contribution in [2.45, 2.75) is 31.7 Å². The molecule has 3 aromatic rings. The fraction of sp³-hybridized carbons (Fsp3) is 0.364. The van der Waals surface area contributed by atoms with Crippen molar-refractivity contribution in [2.75, 3.05) is 20.8 Å². The van der Waals surface area contributed by atoms with Crippen molar-refractivity contribution in [1.82, 2.24) is 9.88 Å². The van der Waals surface area contributed by atoms with Crippen LogP contribution in [-0.4, -0.2) is 36.6 Å². The lowest BCUT2D eigenvalue weighted by Gasteiger charge is -2.33. The molecule has 1 amide bonds. The second kappa shape index (κ2) is 7.53. The van der Waals surface area contributed by atoms with E-state index in [1.54, 1.807) is 13.2 Å². The third-order valence-corrected chi connectivity index (χ3v) is 5.33. The van der Waals surface area contributed by atoms with E-state index in [1.807, 2.05) is 24.1 Å². The maximum atomic E-state index is 13.1. The number of benzene rings is 2. The van der Waals surface area contributed by atoms with Crippen LogP contribution >= 0.6 is 0 Å². The van der Waals surface area contributed by atoms with E-state index >= 15 is 0 Å². The molecule has 1 atom stereocenters. The highest BCUT2D eigenvalue weighted by atomic mass is 16.5. The monoisotopic (exact) mass is 364 g/mol. The van der Waals surface area contributed by atoms with Crippen LogP contribution in [0.1, 0.15) is 46.3 Å². The van der Waals surface area contributed by atoms with E-state index < -0.39 is 0 Å². The lowest BCUT2D eigenvalue weighted by atomic mass is 9.87. The van der Waals surface area contributed by atoms with Crippen molar-refractivity contribution in [2.24, 2.45) is 0 Å². The van der Waals surface area contributed by atoms with Crippen LogP contribution in [0.25, 0.3) is 11.1 Å². The molecule has 0 spiro atoms. The van der Waals surface area contributed by atoms with Crippen LogP contribution in [0.5, 0.6) is 0 Å². The highest BCUT2D eigenvalue weighted by Crippen LogP contribution is 2.34. The molecule has 27 heavy (non-hydrogen) atoms. The highest BCUT2D eigenvalue weighted by molar-refractivity contribution is 5.97. The molecule has 0 aliphatic heterocycles. The minimum Gasteiger partial charge on any atom is -0.441 e. The minimum atomic E-state index is 0.00782. The van der Waals surface area contributed by atoms with Crippen LogP contribution in [0, 0.1) is 0 Å². The van der Waals surface area contributed by atoms with E-state index in [4.69, 9.17) is 9.15 Å². The first-order valence-corrected chi connectivity index (χ1v) is 9.40. The lowest BCUT2D eigenvalue weighted by Crippen LogP contribution is -2.33. The van der Waals surface area contributed by atoms with Gasteiger partial charge in [0.1, 0.15) is 5.52 Å². The zero-order valence-corrected chi connectivity index (χ0v) is 15.8. The Labute approximate surface area is 158 Å². The third-order valence-electron chi connectivity index (χ3n) is 5.33. The standard InChI is InChI=1S/C22H24N2O3/c1-24(19-9-5-7-15-6-3-4-8-17(15)19)22(25)16-10-11-18-20(14-16)27-21(23-18)12-13-26-2/h3-4,6,8,10-11,14,19H,5,7,9,12-13H2,1-2H3/t19-/m1/s1. The minimum absolute atomic E-state index is 0.00782. The number of carbonyl (C=O) groups is 1. The number of fused-ring (bicyclic) bond motifs is 2. The van der Waals surface area contributed by atoms with E-state index in [2.05, 4.69) is 29.2 Å². The Kier molecular flexibility index (Phi) is 4.94. The van der Waals surface area contributed by atoms with E-state index in [-0.39, 0.29) is 11.9 Å². The van der Waals surface area contributed by atoms with Gasteiger partial charge >= 0.3 is 0 Å². The van der Waals surface area contributed by atoms with Crippen molar-refractivity contribution >= 4 is 17.0 Å². The SMILES string of the molecule is COCCc1nc2ccc(C(=O)N(C)[C@@H]3CCCc4ccccc43)cc2o1. The molecule has 0 fully saturated rings. The summed E-state index contributed by atoms with van der Waals surface area (Å²) >= 11 is 0. The zero-order valence-electron chi connectivity index (χ0n) is 15.8. The molecule has 4 rings (SSSR count). The van der Waals surface area contributed by atoms with Crippen molar-refractivity contribution in [3.05, 3.63) is 65.0 Å². The molecule has 1 aromatic heterocycles. The summed E-state index contributed by atoms with van der Waals surface area (Å²) < 4.78 is 10.9. The van der Waals surface area contributed by atoms with Gasteiger partial charge in [0.15, 0.2) is 11.5 Å². The summed E-state index contributed by atoms with van der Waals surface area (Å²) in [4.78, 5) is 19.4. The average molecular weight is 364 g/mol. The Morgan fingerprint density at radius 3 is 3.00 bits per heavy atom. The summed E-state index contributed by atoms with van der Waals surface area (Å²) in [6.07, 6.45) is 3.80. The number of carbonyl (C=O) groups excluding carboxylic acids is 1. The molecule has 5 heteroatoms. The second-order valence-corrected chi connectivity index (χ2v) is 7.06. The second-order valence-electron chi connectivity index (χ2n) is 7.06. The van der Waals surface area contributed by atoms with E-state index in [9.17, 15) is 4.79 Å². The number of hydrogen-bond donors (Lipinski definition) is 0. The molecular formula is C22H24N2O3. The largest absolute Gasteiger partial charge is 0.441 e. The van der Waals surface area contributed by atoms with Crippen LogP contribution < -0.4 is 0 Å². The normalized spacial score (nSPS) is 16.3. The summed E-state index contributed by atoms with van der Waals surface area (Å²) in [5.41, 5.74) is 4.65. The Bertz CT molecular complexity index is 963. The number of ether oxygens (including phenoxy) is 1. The molecular weight excluding hydrogens is 340 g/mol.